The highest BCUT2D eigenvalue weighted by Crippen LogP contribution is 2.25. The minimum Gasteiger partial charge on any atom is -0.353 e. The molecule has 0 saturated carbocycles. The largest absolute Gasteiger partial charge is 0.353 e. The third kappa shape index (κ3) is 3.77. The van der Waals surface area contributed by atoms with Gasteiger partial charge in [0.05, 0.1) is 11.2 Å². The second kappa shape index (κ2) is 7.67. The summed E-state index contributed by atoms with van der Waals surface area (Å²) in [7, 11) is 0. The monoisotopic (exact) mass is 350 g/mol. The van der Waals surface area contributed by atoms with Gasteiger partial charge in [0.15, 0.2) is 5.78 Å². The van der Waals surface area contributed by atoms with Gasteiger partial charge in [0, 0.05) is 28.9 Å². The summed E-state index contributed by atoms with van der Waals surface area (Å²) in [6.07, 6.45) is 3.42. The van der Waals surface area contributed by atoms with E-state index < -0.39 is 0 Å². The fourth-order valence-electron chi connectivity index (χ4n) is 2.98. The number of hydrogen-bond acceptors (Lipinski definition) is 3. The van der Waals surface area contributed by atoms with E-state index in [4.69, 9.17) is 0 Å². The van der Waals surface area contributed by atoms with E-state index in [9.17, 15) is 4.79 Å². The van der Waals surface area contributed by atoms with Crippen LogP contribution in [-0.2, 0) is 0 Å². The van der Waals surface area contributed by atoms with Crippen LogP contribution in [0, 0.1) is 0 Å². The molecule has 1 aromatic heterocycles. The van der Waals surface area contributed by atoms with Crippen LogP contribution in [0.15, 0.2) is 103 Å². The molecule has 0 spiro atoms. The van der Waals surface area contributed by atoms with Crippen molar-refractivity contribution in [1.82, 2.24) is 4.98 Å². The third-order valence-corrected chi connectivity index (χ3v) is 4.32. The Morgan fingerprint density at radius 2 is 1.41 bits per heavy atom. The van der Waals surface area contributed by atoms with Gasteiger partial charge in [-0.05, 0) is 17.7 Å². The molecule has 4 rings (SSSR count). The van der Waals surface area contributed by atoms with Crippen molar-refractivity contribution >= 4 is 28.1 Å². The standard InChI is InChI=1S/C24H18N2O/c27-23(19-11-5-2-6-12-19)17-22(18-9-3-1-4-10-18)26-21-15-7-13-20-14-8-16-25-24(20)21/h1-17,26H/b22-17+. The second-order valence-corrected chi connectivity index (χ2v) is 6.16. The van der Waals surface area contributed by atoms with E-state index in [1.54, 1.807) is 12.3 Å². The van der Waals surface area contributed by atoms with Crippen molar-refractivity contribution < 1.29 is 4.79 Å². The Hall–Kier alpha value is -3.72. The molecule has 3 nitrogen and oxygen atoms in total. The van der Waals surface area contributed by atoms with Crippen LogP contribution in [-0.4, -0.2) is 10.8 Å². The van der Waals surface area contributed by atoms with E-state index in [1.165, 1.54) is 0 Å². The highest BCUT2D eigenvalue weighted by molar-refractivity contribution is 6.10. The molecule has 0 saturated heterocycles. The average Bonchev–Trinajstić information content (AvgIpc) is 2.74. The summed E-state index contributed by atoms with van der Waals surface area (Å²) < 4.78 is 0. The molecule has 27 heavy (non-hydrogen) atoms. The van der Waals surface area contributed by atoms with Gasteiger partial charge in [-0.25, -0.2) is 0 Å². The number of carbonyl (C=O) groups is 1. The zero-order valence-electron chi connectivity index (χ0n) is 14.7. The van der Waals surface area contributed by atoms with Crippen LogP contribution in [0.2, 0.25) is 0 Å². The normalized spacial score (nSPS) is 11.3. The van der Waals surface area contributed by atoms with E-state index in [0.29, 0.717) is 5.56 Å². The van der Waals surface area contributed by atoms with Gasteiger partial charge in [0.25, 0.3) is 0 Å². The molecule has 130 valence electrons. The molecule has 0 aliphatic heterocycles. The molecule has 1 heterocycles. The SMILES string of the molecule is O=C(/C=C(/Nc1cccc2cccnc12)c1ccccc1)c1ccccc1. The number of pyridine rings is 1. The highest BCUT2D eigenvalue weighted by atomic mass is 16.1. The molecule has 0 unspecified atom stereocenters. The van der Waals surface area contributed by atoms with Crippen molar-refractivity contribution in [1.29, 1.82) is 0 Å². The van der Waals surface area contributed by atoms with Crippen LogP contribution in [0.4, 0.5) is 5.69 Å². The van der Waals surface area contributed by atoms with Crippen LogP contribution in [0.3, 0.4) is 0 Å². The number of hydrogen-bond donors (Lipinski definition) is 1. The van der Waals surface area contributed by atoms with Crippen molar-refractivity contribution in [3.8, 4) is 0 Å². The van der Waals surface area contributed by atoms with Gasteiger partial charge in [-0.1, -0.05) is 78.9 Å². The van der Waals surface area contributed by atoms with Crippen molar-refractivity contribution in [3.05, 3.63) is 114 Å². The molecule has 0 aliphatic rings. The Bertz CT molecular complexity index is 1100. The minimum absolute atomic E-state index is 0.0462. The first-order valence-corrected chi connectivity index (χ1v) is 8.78. The van der Waals surface area contributed by atoms with Gasteiger partial charge in [0.2, 0.25) is 0 Å². The quantitative estimate of drug-likeness (QED) is 0.378. The average molecular weight is 350 g/mol. The Balaban J connectivity index is 1.77. The molecule has 0 radical (unpaired) electrons. The molecule has 0 aliphatic carbocycles. The number of benzene rings is 3. The van der Waals surface area contributed by atoms with Gasteiger partial charge < -0.3 is 5.32 Å². The number of carbonyl (C=O) groups excluding carboxylic acids is 1. The van der Waals surface area contributed by atoms with E-state index in [1.807, 2.05) is 91.0 Å². The predicted octanol–water partition coefficient (Wildman–Crippen LogP) is 5.57. The van der Waals surface area contributed by atoms with Gasteiger partial charge >= 0.3 is 0 Å². The lowest BCUT2D eigenvalue weighted by atomic mass is 10.1. The summed E-state index contributed by atoms with van der Waals surface area (Å²) >= 11 is 0. The first kappa shape index (κ1) is 16.7. The van der Waals surface area contributed by atoms with Crippen LogP contribution < -0.4 is 5.32 Å². The van der Waals surface area contributed by atoms with E-state index >= 15 is 0 Å². The summed E-state index contributed by atoms with van der Waals surface area (Å²) in [5, 5.41) is 4.46. The first-order chi connectivity index (χ1) is 13.3. The maximum Gasteiger partial charge on any atom is 0.187 e. The van der Waals surface area contributed by atoms with Crippen LogP contribution in [0.5, 0.6) is 0 Å². The van der Waals surface area contributed by atoms with Crippen LogP contribution in [0.1, 0.15) is 15.9 Å². The van der Waals surface area contributed by atoms with E-state index in [0.717, 1.165) is 27.9 Å². The molecule has 0 fully saturated rings. The summed E-state index contributed by atoms with van der Waals surface area (Å²) in [6.45, 7) is 0. The van der Waals surface area contributed by atoms with Crippen molar-refractivity contribution in [2.24, 2.45) is 0 Å². The highest BCUT2D eigenvalue weighted by Gasteiger charge is 2.09. The van der Waals surface area contributed by atoms with Crippen molar-refractivity contribution in [2.75, 3.05) is 5.32 Å². The second-order valence-electron chi connectivity index (χ2n) is 6.16. The molecule has 0 bridgehead atoms. The topological polar surface area (TPSA) is 42.0 Å². The Morgan fingerprint density at radius 3 is 2.15 bits per heavy atom. The number of ketones is 1. The molecule has 4 aromatic rings. The number of fused-ring (bicyclic) bond motifs is 1. The lowest BCUT2D eigenvalue weighted by Gasteiger charge is -2.13. The number of aromatic nitrogens is 1. The molecule has 3 aromatic carbocycles. The maximum absolute atomic E-state index is 12.8. The van der Waals surface area contributed by atoms with Crippen molar-refractivity contribution in [3.63, 3.8) is 0 Å². The summed E-state index contributed by atoms with van der Waals surface area (Å²) in [5.74, 6) is -0.0462. The summed E-state index contributed by atoms with van der Waals surface area (Å²) in [5.41, 5.74) is 4.07. The number of rotatable bonds is 5. The number of nitrogens with zero attached hydrogens (tertiary/aromatic N) is 1. The number of para-hydroxylation sites is 1. The Morgan fingerprint density at radius 1 is 0.741 bits per heavy atom. The summed E-state index contributed by atoms with van der Waals surface area (Å²) in [4.78, 5) is 17.2. The van der Waals surface area contributed by atoms with Gasteiger partial charge in [-0.15, -0.1) is 0 Å². The van der Waals surface area contributed by atoms with Gasteiger partial charge in [0.1, 0.15) is 0 Å². The number of nitrogens with one attached hydrogen (secondary N) is 1. The fraction of sp³-hybridized carbons (Fsp3) is 0. The Kier molecular flexibility index (Phi) is 4.75. The van der Waals surface area contributed by atoms with Crippen LogP contribution in [0.25, 0.3) is 16.6 Å². The molecule has 3 heteroatoms. The number of allylic oxidation sites excluding steroid dienone is 1. The summed E-state index contributed by atoms with van der Waals surface area (Å²) in [6, 6.07) is 29.0. The smallest absolute Gasteiger partial charge is 0.187 e. The van der Waals surface area contributed by atoms with Crippen molar-refractivity contribution in [2.45, 2.75) is 0 Å². The number of anilines is 1. The molecule has 0 amide bonds. The first-order valence-electron chi connectivity index (χ1n) is 8.78. The lowest BCUT2D eigenvalue weighted by Crippen LogP contribution is -2.04. The molecule has 0 atom stereocenters. The lowest BCUT2D eigenvalue weighted by molar-refractivity contribution is 0.104. The Labute approximate surface area is 158 Å². The maximum atomic E-state index is 12.8. The van der Waals surface area contributed by atoms with E-state index in [-0.39, 0.29) is 5.78 Å². The predicted molar refractivity (Wildman–Crippen MR) is 111 cm³/mol. The van der Waals surface area contributed by atoms with E-state index in [2.05, 4.69) is 10.3 Å². The molecular weight excluding hydrogens is 332 g/mol. The van der Waals surface area contributed by atoms with Gasteiger partial charge in [-0.2, -0.15) is 0 Å². The zero-order chi connectivity index (χ0) is 18.5. The minimum atomic E-state index is -0.0462. The van der Waals surface area contributed by atoms with Crippen LogP contribution >= 0.6 is 0 Å². The molecular formula is C24H18N2O. The fourth-order valence-corrected chi connectivity index (χ4v) is 2.98. The van der Waals surface area contributed by atoms with Gasteiger partial charge in [-0.3, -0.25) is 9.78 Å². The third-order valence-electron chi connectivity index (χ3n) is 4.32. The zero-order valence-corrected chi connectivity index (χ0v) is 14.7. The molecule has 1 N–H and O–H groups in total.